The van der Waals surface area contributed by atoms with Gasteiger partial charge in [0.1, 0.15) is 5.82 Å². The average Bonchev–Trinajstić information content (AvgIpc) is 3.17. The van der Waals surface area contributed by atoms with Crippen molar-refractivity contribution in [2.75, 3.05) is 4.72 Å². The molecular formula is C14H9FN2O4S3. The third-order valence-corrected chi connectivity index (χ3v) is 6.09. The summed E-state index contributed by atoms with van der Waals surface area (Å²) in [6.45, 7) is 0. The molecule has 24 heavy (non-hydrogen) atoms. The zero-order valence-electron chi connectivity index (χ0n) is 11.8. The van der Waals surface area contributed by atoms with Crippen LogP contribution < -0.4 is 4.72 Å². The quantitative estimate of drug-likeness (QED) is 0.702. The summed E-state index contributed by atoms with van der Waals surface area (Å²) in [4.78, 5) is 15.7. The summed E-state index contributed by atoms with van der Waals surface area (Å²) < 4.78 is 40.3. The number of thiophene rings is 1. The van der Waals surface area contributed by atoms with E-state index in [1.807, 2.05) is 17.5 Å². The van der Waals surface area contributed by atoms with Gasteiger partial charge >= 0.3 is 5.97 Å². The first kappa shape index (κ1) is 16.6. The third kappa shape index (κ3) is 3.30. The number of hydrogen-bond acceptors (Lipinski definition) is 6. The average molecular weight is 384 g/mol. The van der Waals surface area contributed by atoms with Crippen molar-refractivity contribution in [3.05, 3.63) is 52.5 Å². The van der Waals surface area contributed by atoms with Gasteiger partial charge in [-0.25, -0.2) is 22.6 Å². The number of aromatic carboxylic acids is 1. The van der Waals surface area contributed by atoms with Gasteiger partial charge in [0, 0.05) is 5.38 Å². The lowest BCUT2D eigenvalue weighted by Crippen LogP contribution is -2.14. The van der Waals surface area contributed by atoms with Gasteiger partial charge < -0.3 is 5.11 Å². The van der Waals surface area contributed by atoms with Crippen LogP contribution in [0.25, 0.3) is 10.6 Å². The normalized spacial score (nSPS) is 11.4. The van der Waals surface area contributed by atoms with E-state index in [0.29, 0.717) is 5.69 Å². The number of hydrogen-bond donors (Lipinski definition) is 2. The molecule has 0 spiro atoms. The van der Waals surface area contributed by atoms with Crippen molar-refractivity contribution in [2.24, 2.45) is 0 Å². The Hall–Kier alpha value is -2.30. The molecule has 10 heteroatoms. The van der Waals surface area contributed by atoms with Crippen molar-refractivity contribution in [2.45, 2.75) is 4.90 Å². The summed E-state index contributed by atoms with van der Waals surface area (Å²) in [7, 11) is -4.07. The molecular weight excluding hydrogens is 375 g/mol. The number of nitrogens with zero attached hydrogens (tertiary/aromatic N) is 1. The lowest BCUT2D eigenvalue weighted by Gasteiger charge is -2.06. The second-order valence-electron chi connectivity index (χ2n) is 4.57. The molecule has 0 saturated heterocycles. The van der Waals surface area contributed by atoms with Gasteiger partial charge in [0.25, 0.3) is 10.0 Å². The van der Waals surface area contributed by atoms with E-state index in [9.17, 15) is 17.6 Å². The molecule has 3 aromatic rings. The molecule has 2 aromatic heterocycles. The largest absolute Gasteiger partial charge is 0.478 e. The number of carboxylic acid groups (broad SMARTS) is 1. The van der Waals surface area contributed by atoms with Gasteiger partial charge in [-0.05, 0) is 29.6 Å². The molecule has 124 valence electrons. The highest BCUT2D eigenvalue weighted by Crippen LogP contribution is 2.29. The fraction of sp³-hybridized carbons (Fsp3) is 0. The van der Waals surface area contributed by atoms with Crippen molar-refractivity contribution in [1.82, 2.24) is 4.98 Å². The molecule has 0 radical (unpaired) electrons. The molecule has 0 atom stereocenters. The maximum absolute atomic E-state index is 13.4. The summed E-state index contributed by atoms with van der Waals surface area (Å²) in [5.41, 5.74) is -0.0747. The molecule has 1 aromatic carbocycles. The van der Waals surface area contributed by atoms with Crippen LogP contribution in [0.3, 0.4) is 0 Å². The van der Waals surface area contributed by atoms with Crippen molar-refractivity contribution >= 4 is 43.8 Å². The van der Waals surface area contributed by atoms with Crippen LogP contribution in [0.1, 0.15) is 10.4 Å². The van der Waals surface area contributed by atoms with E-state index in [2.05, 4.69) is 9.71 Å². The molecule has 0 amide bonds. The first-order valence-electron chi connectivity index (χ1n) is 6.42. The van der Waals surface area contributed by atoms with Crippen molar-refractivity contribution in [3.8, 4) is 10.6 Å². The monoisotopic (exact) mass is 384 g/mol. The van der Waals surface area contributed by atoms with Crippen LogP contribution in [-0.2, 0) is 10.0 Å². The van der Waals surface area contributed by atoms with E-state index in [4.69, 9.17) is 5.11 Å². The first-order valence-corrected chi connectivity index (χ1v) is 9.66. The SMILES string of the molecule is O=C(O)c1cc(S(=O)(=O)Nc2nc(-c3cccs3)cs2)ccc1F. The molecule has 0 aliphatic heterocycles. The number of halogens is 1. The van der Waals surface area contributed by atoms with E-state index in [-0.39, 0.29) is 10.0 Å². The number of carboxylic acids is 1. The molecule has 0 bridgehead atoms. The molecule has 2 N–H and O–H groups in total. The Bertz CT molecular complexity index is 997. The summed E-state index contributed by atoms with van der Waals surface area (Å²) in [6, 6.07) is 6.29. The molecule has 3 rings (SSSR count). The summed E-state index contributed by atoms with van der Waals surface area (Å²) in [6.07, 6.45) is 0. The number of rotatable bonds is 5. The fourth-order valence-electron chi connectivity index (χ4n) is 1.87. The van der Waals surface area contributed by atoms with Crippen LogP contribution in [0, 0.1) is 5.82 Å². The van der Waals surface area contributed by atoms with Crippen molar-refractivity contribution < 1.29 is 22.7 Å². The first-order chi connectivity index (χ1) is 11.4. The number of sulfonamides is 1. The number of benzene rings is 1. The molecule has 0 aliphatic rings. The molecule has 0 unspecified atom stereocenters. The van der Waals surface area contributed by atoms with Crippen LogP contribution in [0.5, 0.6) is 0 Å². The van der Waals surface area contributed by atoms with E-state index >= 15 is 0 Å². The Morgan fingerprint density at radius 2 is 2.04 bits per heavy atom. The number of carbonyl (C=O) groups is 1. The molecule has 6 nitrogen and oxygen atoms in total. The number of nitrogens with one attached hydrogen (secondary N) is 1. The Kier molecular flexibility index (Phi) is 4.35. The Labute approximate surface area is 144 Å². The minimum atomic E-state index is -4.07. The van der Waals surface area contributed by atoms with E-state index < -0.39 is 27.4 Å². The predicted molar refractivity (Wildman–Crippen MR) is 89.6 cm³/mol. The minimum Gasteiger partial charge on any atom is -0.478 e. The Morgan fingerprint density at radius 3 is 2.71 bits per heavy atom. The van der Waals surface area contributed by atoms with Gasteiger partial charge in [-0.3, -0.25) is 4.72 Å². The predicted octanol–water partition coefficient (Wildman–Crippen LogP) is 3.51. The Morgan fingerprint density at radius 1 is 1.25 bits per heavy atom. The Balaban J connectivity index is 1.89. The zero-order valence-corrected chi connectivity index (χ0v) is 14.2. The van der Waals surface area contributed by atoms with Crippen LogP contribution in [0.15, 0.2) is 46.0 Å². The molecule has 0 aliphatic carbocycles. The molecule has 2 heterocycles. The van der Waals surface area contributed by atoms with E-state index in [1.165, 1.54) is 11.3 Å². The van der Waals surface area contributed by atoms with E-state index in [1.54, 1.807) is 5.38 Å². The topological polar surface area (TPSA) is 96.4 Å². The van der Waals surface area contributed by atoms with Gasteiger partial charge in [0.05, 0.1) is 21.0 Å². The van der Waals surface area contributed by atoms with Gasteiger partial charge in [0.15, 0.2) is 5.13 Å². The molecule has 0 fully saturated rings. The fourth-order valence-corrected chi connectivity index (χ4v) is 4.62. The van der Waals surface area contributed by atoms with Crippen molar-refractivity contribution in [1.29, 1.82) is 0 Å². The second-order valence-corrected chi connectivity index (χ2v) is 8.06. The summed E-state index contributed by atoms with van der Waals surface area (Å²) >= 11 is 2.57. The van der Waals surface area contributed by atoms with Gasteiger partial charge in [-0.2, -0.15) is 0 Å². The summed E-state index contributed by atoms with van der Waals surface area (Å²) in [5, 5.41) is 12.6. The van der Waals surface area contributed by atoms with Gasteiger partial charge in [-0.1, -0.05) is 6.07 Å². The maximum atomic E-state index is 13.4. The standard InChI is InChI=1S/C14H9FN2O4S3/c15-10-4-3-8(6-9(10)13(18)19)24(20,21)17-14-16-11(7-23-14)12-2-1-5-22-12/h1-7H,(H,16,17)(H,18,19). The van der Waals surface area contributed by atoms with Crippen molar-refractivity contribution in [3.63, 3.8) is 0 Å². The van der Waals surface area contributed by atoms with Crippen LogP contribution in [0.2, 0.25) is 0 Å². The van der Waals surface area contributed by atoms with Crippen LogP contribution >= 0.6 is 22.7 Å². The second kappa shape index (κ2) is 6.30. The smallest absolute Gasteiger partial charge is 0.338 e. The van der Waals surface area contributed by atoms with Crippen LogP contribution in [0.4, 0.5) is 9.52 Å². The number of anilines is 1. The maximum Gasteiger partial charge on any atom is 0.338 e. The highest BCUT2D eigenvalue weighted by atomic mass is 32.2. The van der Waals surface area contributed by atoms with Gasteiger partial charge in [-0.15, -0.1) is 22.7 Å². The van der Waals surface area contributed by atoms with E-state index in [0.717, 1.165) is 34.4 Å². The van der Waals surface area contributed by atoms with Gasteiger partial charge in [0.2, 0.25) is 0 Å². The lowest BCUT2D eigenvalue weighted by atomic mass is 10.2. The lowest BCUT2D eigenvalue weighted by molar-refractivity contribution is 0.0691. The zero-order chi connectivity index (χ0) is 17.3. The number of thiazole rings is 1. The van der Waals surface area contributed by atoms with Crippen LogP contribution in [-0.4, -0.2) is 24.5 Å². The summed E-state index contributed by atoms with van der Waals surface area (Å²) in [5.74, 6) is -2.55. The highest BCUT2D eigenvalue weighted by molar-refractivity contribution is 7.93. The molecule has 0 saturated carbocycles. The minimum absolute atomic E-state index is 0.139. The third-order valence-electron chi connectivity index (χ3n) is 2.98. The number of aromatic nitrogens is 1. The highest BCUT2D eigenvalue weighted by Gasteiger charge is 2.20.